The number of carbonyl (C=O) groups is 1. The lowest BCUT2D eigenvalue weighted by molar-refractivity contribution is -0.121. The number of hydrogen-bond acceptors (Lipinski definition) is 5. The van der Waals surface area contributed by atoms with Gasteiger partial charge in [0.15, 0.2) is 0 Å². The molecule has 0 aliphatic heterocycles. The Morgan fingerprint density at radius 3 is 1.44 bits per heavy atom. The SMILES string of the molecule is [2H]C([2H])([2H])C(=C)[C@@H]1CCC(C)=C[C@H]1c1c(OC)cc(CCCCC)cc1OC.[2H]C([2H])([2H])C(=O)[C@@H]1CCC(C)=C[C@H]1c1c(OC)cc(CCCCC)cc1OC. The number of Topliss-reactive ketones (excluding diaryl/α,β-unsaturated/α-hetero) is 1. The number of unbranched alkanes of at least 4 members (excludes halogenated alkanes) is 4. The number of ether oxygens (including phenoxy) is 4. The van der Waals surface area contributed by atoms with Crippen molar-refractivity contribution in [2.45, 2.75) is 130 Å². The summed E-state index contributed by atoms with van der Waals surface area (Å²) in [5, 5.41) is 0. The van der Waals surface area contributed by atoms with E-state index < -0.39 is 25.4 Å². The highest BCUT2D eigenvalue weighted by atomic mass is 16.5. The maximum atomic E-state index is 12.7. The first kappa shape index (κ1) is 32.4. The van der Waals surface area contributed by atoms with Crippen LogP contribution in [0.15, 0.2) is 59.7 Å². The molecule has 0 saturated carbocycles. The first-order valence-electron chi connectivity index (χ1n) is 21.5. The third-order valence-corrected chi connectivity index (χ3v) is 10.3. The summed E-state index contributed by atoms with van der Waals surface area (Å²) in [4.78, 5) is 12.7. The van der Waals surface area contributed by atoms with Gasteiger partial charge in [0.1, 0.15) is 28.8 Å². The minimum atomic E-state index is -2.61. The molecule has 2 aliphatic rings. The quantitative estimate of drug-likeness (QED) is 0.129. The molecule has 0 saturated heterocycles. The summed E-state index contributed by atoms with van der Waals surface area (Å²) in [5.74, 6) is 0.922. The van der Waals surface area contributed by atoms with E-state index in [1.54, 1.807) is 28.4 Å². The van der Waals surface area contributed by atoms with Crippen LogP contribution < -0.4 is 18.9 Å². The summed E-state index contributed by atoms with van der Waals surface area (Å²) in [6, 6.07) is 8.17. The van der Waals surface area contributed by atoms with Crippen LogP contribution in [-0.4, -0.2) is 34.2 Å². The second-order valence-corrected chi connectivity index (χ2v) is 14.0. The molecule has 5 heteroatoms. The van der Waals surface area contributed by atoms with Gasteiger partial charge in [-0.25, -0.2) is 0 Å². The smallest absolute Gasteiger partial charge is 0.133 e. The summed E-state index contributed by atoms with van der Waals surface area (Å²) in [7, 11) is 6.55. The van der Waals surface area contributed by atoms with Gasteiger partial charge in [0.25, 0.3) is 0 Å². The standard InChI is InChI=1S/C23H34O2.C22H32O3/c1-7-8-9-10-18-14-21(24-5)23(22(15-18)25-6)20-13-17(4)11-12-19(20)16(2)3;1-6-7-8-9-17-13-20(24-4)22(21(14-17)25-5)19-12-15(2)10-11-18(19)16(3)23/h13-15,19-20H,2,7-12H2,1,3-6H3;12-14,18-19H,6-11H2,1-5H3/t19-,20+;18-,19+/m00/s1/i2*3D3. The molecule has 0 heterocycles. The van der Waals surface area contributed by atoms with Crippen LogP contribution in [0.2, 0.25) is 0 Å². The average Bonchev–Trinajstić information content (AvgIpc) is 3.16. The van der Waals surface area contributed by atoms with Gasteiger partial charge >= 0.3 is 0 Å². The maximum Gasteiger partial charge on any atom is 0.133 e. The predicted molar refractivity (Wildman–Crippen MR) is 209 cm³/mol. The zero-order chi connectivity index (χ0) is 41.8. The van der Waals surface area contributed by atoms with Crippen LogP contribution in [0.4, 0.5) is 0 Å². The topological polar surface area (TPSA) is 54.0 Å². The summed E-state index contributed by atoms with van der Waals surface area (Å²) in [6.07, 6.45) is 15.9. The first-order chi connectivity index (χ1) is 26.4. The summed E-state index contributed by atoms with van der Waals surface area (Å²) < 4.78 is 69.2. The van der Waals surface area contributed by atoms with Gasteiger partial charge in [0.2, 0.25) is 0 Å². The Morgan fingerprint density at radius 2 is 1.08 bits per heavy atom. The Hall–Kier alpha value is -3.47. The van der Waals surface area contributed by atoms with Crippen molar-refractivity contribution in [2.24, 2.45) is 11.8 Å². The minimum Gasteiger partial charge on any atom is -0.496 e. The van der Waals surface area contributed by atoms with Crippen LogP contribution in [0.25, 0.3) is 0 Å². The lowest BCUT2D eigenvalue weighted by Crippen LogP contribution is -2.23. The van der Waals surface area contributed by atoms with Gasteiger partial charge in [0, 0.05) is 37.1 Å². The summed E-state index contributed by atoms with van der Waals surface area (Å²) in [6.45, 7) is 7.66. The van der Waals surface area contributed by atoms with Gasteiger partial charge in [-0.2, -0.15) is 0 Å². The number of allylic oxidation sites excluding steroid dienone is 5. The summed E-state index contributed by atoms with van der Waals surface area (Å²) in [5.41, 5.74) is 6.74. The number of rotatable bonds is 16. The Bertz CT molecular complexity index is 1510. The van der Waals surface area contributed by atoms with Gasteiger partial charge in [-0.15, -0.1) is 0 Å². The molecule has 0 spiro atoms. The first-order valence-corrected chi connectivity index (χ1v) is 18.5. The molecule has 50 heavy (non-hydrogen) atoms. The molecule has 4 rings (SSSR count). The molecule has 0 aromatic heterocycles. The summed E-state index contributed by atoms with van der Waals surface area (Å²) >= 11 is 0. The third kappa shape index (κ3) is 10.8. The minimum absolute atomic E-state index is 0.115. The van der Waals surface area contributed by atoms with Crippen molar-refractivity contribution in [3.05, 3.63) is 82.0 Å². The van der Waals surface area contributed by atoms with Crippen LogP contribution in [0.1, 0.15) is 148 Å². The van der Waals surface area contributed by atoms with Gasteiger partial charge in [-0.1, -0.05) is 75.0 Å². The molecule has 2 aliphatic carbocycles. The van der Waals surface area contributed by atoms with E-state index in [1.165, 1.54) is 24.0 Å². The molecule has 0 unspecified atom stereocenters. The Labute approximate surface area is 313 Å². The Kier molecular flexibility index (Phi) is 13.2. The number of hydrogen-bond donors (Lipinski definition) is 0. The van der Waals surface area contributed by atoms with E-state index in [2.05, 4.69) is 45.6 Å². The normalized spacial score (nSPS) is 22.4. The molecule has 0 fully saturated rings. The number of ketones is 1. The van der Waals surface area contributed by atoms with E-state index in [4.69, 9.17) is 27.2 Å². The van der Waals surface area contributed by atoms with E-state index in [-0.39, 0.29) is 17.8 Å². The number of benzene rings is 2. The molecule has 276 valence electrons. The fraction of sp³-hybridized carbons (Fsp3) is 0.578. The van der Waals surface area contributed by atoms with Gasteiger partial charge < -0.3 is 18.9 Å². The largest absolute Gasteiger partial charge is 0.496 e. The predicted octanol–water partition coefficient (Wildman–Crippen LogP) is 11.9. The fourth-order valence-corrected chi connectivity index (χ4v) is 7.48. The molecule has 4 atom stereocenters. The van der Waals surface area contributed by atoms with E-state index in [0.717, 1.165) is 91.5 Å². The zero-order valence-electron chi connectivity index (χ0n) is 38.0. The van der Waals surface area contributed by atoms with Crippen LogP contribution >= 0.6 is 0 Å². The van der Waals surface area contributed by atoms with Gasteiger partial charge in [0.05, 0.1) is 28.4 Å². The Morgan fingerprint density at radius 1 is 0.680 bits per heavy atom. The molecule has 0 radical (unpaired) electrons. The average molecular weight is 693 g/mol. The van der Waals surface area contributed by atoms with Crippen molar-refractivity contribution in [1.82, 2.24) is 0 Å². The monoisotopic (exact) mass is 693 g/mol. The molecular formula is C45H66O5. The second kappa shape index (κ2) is 20.4. The molecule has 0 amide bonds. The number of aryl methyl sites for hydroxylation is 2. The van der Waals surface area contributed by atoms with Crippen LogP contribution in [-0.2, 0) is 17.6 Å². The van der Waals surface area contributed by atoms with Crippen molar-refractivity contribution in [2.75, 3.05) is 28.4 Å². The van der Waals surface area contributed by atoms with Crippen molar-refractivity contribution >= 4 is 5.78 Å². The van der Waals surface area contributed by atoms with Crippen molar-refractivity contribution < 1.29 is 32.0 Å². The second-order valence-electron chi connectivity index (χ2n) is 14.0. The van der Waals surface area contributed by atoms with E-state index >= 15 is 0 Å². The molecule has 5 nitrogen and oxygen atoms in total. The van der Waals surface area contributed by atoms with Crippen molar-refractivity contribution in [1.29, 1.82) is 0 Å². The fourth-order valence-electron chi connectivity index (χ4n) is 7.48. The highest BCUT2D eigenvalue weighted by Gasteiger charge is 2.33. The molecule has 0 bridgehead atoms. The van der Waals surface area contributed by atoms with Crippen LogP contribution in [0, 0.1) is 11.8 Å². The van der Waals surface area contributed by atoms with E-state index in [0.29, 0.717) is 23.5 Å². The number of carbonyl (C=O) groups excluding carboxylic acids is 1. The van der Waals surface area contributed by atoms with E-state index in [9.17, 15) is 4.79 Å². The van der Waals surface area contributed by atoms with Gasteiger partial charge in [-0.05, 0) is 120 Å². The van der Waals surface area contributed by atoms with Crippen LogP contribution in [0.3, 0.4) is 0 Å². The lowest BCUT2D eigenvalue weighted by Gasteiger charge is -2.32. The lowest BCUT2D eigenvalue weighted by atomic mass is 9.73. The Balaban J connectivity index is 0.000000300. The van der Waals surface area contributed by atoms with Crippen LogP contribution in [0.5, 0.6) is 23.0 Å². The highest BCUT2D eigenvalue weighted by molar-refractivity contribution is 5.80. The number of methoxy groups -OCH3 is 4. The van der Waals surface area contributed by atoms with Crippen molar-refractivity contribution in [3.63, 3.8) is 0 Å². The molecular weight excluding hydrogens is 620 g/mol. The highest BCUT2D eigenvalue weighted by Crippen LogP contribution is 2.48. The van der Waals surface area contributed by atoms with E-state index in [1.807, 2.05) is 25.1 Å². The van der Waals surface area contributed by atoms with Gasteiger partial charge in [-0.3, -0.25) is 4.79 Å². The molecule has 2 aromatic carbocycles. The van der Waals surface area contributed by atoms with Crippen molar-refractivity contribution in [3.8, 4) is 23.0 Å². The zero-order valence-corrected chi connectivity index (χ0v) is 32.0. The third-order valence-electron chi connectivity index (χ3n) is 10.3. The maximum absolute atomic E-state index is 12.7. The molecule has 0 N–H and O–H groups in total. The molecule has 2 aromatic rings.